The van der Waals surface area contributed by atoms with Gasteiger partial charge in [0, 0.05) is 5.56 Å². The molecule has 1 aromatic rings. The Hall–Kier alpha value is -2.24. The number of carbonyl (C=O) groups excluding carboxylic acids is 1. The minimum Gasteiger partial charge on any atom is -0.480 e. The SMILES string of the molecule is O=C(NC1(C(=O)O)CCCCCC1)c1ccc2c(c1)OCO2. The molecule has 1 amide bonds. The molecule has 118 valence electrons. The first kappa shape index (κ1) is 14.7. The summed E-state index contributed by atoms with van der Waals surface area (Å²) in [6, 6.07) is 4.87. The number of ether oxygens (including phenoxy) is 2. The topological polar surface area (TPSA) is 84.9 Å². The van der Waals surface area contributed by atoms with Crippen LogP contribution in [0.1, 0.15) is 48.9 Å². The van der Waals surface area contributed by atoms with E-state index < -0.39 is 11.5 Å². The number of hydrogen-bond acceptors (Lipinski definition) is 4. The van der Waals surface area contributed by atoms with E-state index in [1.807, 2.05) is 0 Å². The van der Waals surface area contributed by atoms with Crippen molar-refractivity contribution in [3.63, 3.8) is 0 Å². The van der Waals surface area contributed by atoms with E-state index in [2.05, 4.69) is 5.32 Å². The molecule has 0 spiro atoms. The number of hydrogen-bond donors (Lipinski definition) is 2. The second-order valence-corrected chi connectivity index (χ2v) is 5.82. The van der Waals surface area contributed by atoms with E-state index in [0.717, 1.165) is 25.7 Å². The molecule has 22 heavy (non-hydrogen) atoms. The normalized spacial score (nSPS) is 19.3. The number of fused-ring (bicyclic) bond motifs is 1. The predicted molar refractivity (Wildman–Crippen MR) is 78.1 cm³/mol. The molecule has 0 radical (unpaired) electrons. The highest BCUT2D eigenvalue weighted by Gasteiger charge is 2.40. The first-order chi connectivity index (χ1) is 10.6. The minimum absolute atomic E-state index is 0.138. The van der Waals surface area contributed by atoms with Crippen molar-refractivity contribution in [3.8, 4) is 11.5 Å². The molecule has 6 heteroatoms. The maximum absolute atomic E-state index is 12.5. The van der Waals surface area contributed by atoms with Crippen LogP contribution in [-0.2, 0) is 4.79 Å². The van der Waals surface area contributed by atoms with Crippen LogP contribution in [0.25, 0.3) is 0 Å². The van der Waals surface area contributed by atoms with Gasteiger partial charge < -0.3 is 19.9 Å². The lowest BCUT2D eigenvalue weighted by atomic mass is 9.90. The molecule has 2 aliphatic rings. The van der Waals surface area contributed by atoms with Gasteiger partial charge in [-0.15, -0.1) is 0 Å². The second-order valence-electron chi connectivity index (χ2n) is 5.82. The van der Waals surface area contributed by atoms with Crippen molar-refractivity contribution in [1.82, 2.24) is 5.32 Å². The number of benzene rings is 1. The van der Waals surface area contributed by atoms with Crippen LogP contribution in [0.15, 0.2) is 18.2 Å². The van der Waals surface area contributed by atoms with Crippen LogP contribution >= 0.6 is 0 Å². The minimum atomic E-state index is -1.16. The summed E-state index contributed by atoms with van der Waals surface area (Å²) in [6.45, 7) is 0.138. The van der Waals surface area contributed by atoms with Gasteiger partial charge in [0.15, 0.2) is 11.5 Å². The van der Waals surface area contributed by atoms with E-state index >= 15 is 0 Å². The summed E-state index contributed by atoms with van der Waals surface area (Å²) in [4.78, 5) is 24.2. The molecule has 1 aliphatic heterocycles. The lowest BCUT2D eigenvalue weighted by molar-refractivity contribution is -0.145. The fourth-order valence-corrected chi connectivity index (χ4v) is 3.05. The Morgan fingerprint density at radius 1 is 1.05 bits per heavy atom. The van der Waals surface area contributed by atoms with Gasteiger partial charge in [-0.3, -0.25) is 4.79 Å². The average molecular weight is 305 g/mol. The monoisotopic (exact) mass is 305 g/mol. The third-order valence-corrected chi connectivity index (χ3v) is 4.35. The van der Waals surface area contributed by atoms with Crippen molar-refractivity contribution in [2.24, 2.45) is 0 Å². The Morgan fingerprint density at radius 3 is 2.41 bits per heavy atom. The molecule has 0 aromatic heterocycles. The van der Waals surface area contributed by atoms with Crippen LogP contribution in [0.4, 0.5) is 0 Å². The van der Waals surface area contributed by atoms with Crippen LogP contribution in [0.3, 0.4) is 0 Å². The molecule has 1 fully saturated rings. The summed E-state index contributed by atoms with van der Waals surface area (Å²) in [5.41, 5.74) is -0.779. The maximum atomic E-state index is 12.5. The fourth-order valence-electron chi connectivity index (χ4n) is 3.05. The van der Waals surface area contributed by atoms with E-state index in [4.69, 9.17) is 9.47 Å². The highest BCUT2D eigenvalue weighted by Crippen LogP contribution is 2.33. The Labute approximate surface area is 128 Å². The zero-order valence-electron chi connectivity index (χ0n) is 12.3. The van der Waals surface area contributed by atoms with Crippen molar-refractivity contribution in [2.75, 3.05) is 6.79 Å². The van der Waals surface area contributed by atoms with Crippen molar-refractivity contribution in [1.29, 1.82) is 0 Å². The average Bonchev–Trinajstić information content (AvgIpc) is 2.84. The van der Waals surface area contributed by atoms with E-state index in [1.54, 1.807) is 18.2 Å². The second kappa shape index (κ2) is 5.87. The Kier molecular flexibility index (Phi) is 3.92. The summed E-state index contributed by atoms with van der Waals surface area (Å²) in [5.74, 6) is -0.233. The van der Waals surface area contributed by atoms with E-state index in [-0.39, 0.29) is 12.7 Å². The molecule has 1 aromatic carbocycles. The van der Waals surface area contributed by atoms with Gasteiger partial charge in [-0.2, -0.15) is 0 Å². The predicted octanol–water partition coefficient (Wildman–Crippen LogP) is 2.32. The van der Waals surface area contributed by atoms with Crippen LogP contribution in [0, 0.1) is 0 Å². The maximum Gasteiger partial charge on any atom is 0.329 e. The number of rotatable bonds is 3. The molecule has 3 rings (SSSR count). The standard InChI is InChI=1S/C16H19NO5/c18-14(11-5-6-12-13(9-11)22-10-21-12)17-16(15(19)20)7-3-1-2-4-8-16/h5-6,9H,1-4,7-8,10H2,(H,17,18)(H,19,20). The van der Waals surface area contributed by atoms with E-state index in [0.29, 0.717) is 29.9 Å². The molecule has 1 aliphatic carbocycles. The van der Waals surface area contributed by atoms with Gasteiger partial charge in [0.05, 0.1) is 0 Å². The lowest BCUT2D eigenvalue weighted by Gasteiger charge is -2.29. The van der Waals surface area contributed by atoms with E-state index in [1.165, 1.54) is 0 Å². The first-order valence-electron chi connectivity index (χ1n) is 7.56. The Balaban J connectivity index is 1.80. The number of amides is 1. The van der Waals surface area contributed by atoms with Gasteiger partial charge in [-0.1, -0.05) is 25.7 Å². The molecule has 0 saturated heterocycles. The van der Waals surface area contributed by atoms with Gasteiger partial charge in [0.25, 0.3) is 5.91 Å². The third-order valence-electron chi connectivity index (χ3n) is 4.35. The van der Waals surface area contributed by atoms with Crippen molar-refractivity contribution in [2.45, 2.75) is 44.1 Å². The van der Waals surface area contributed by atoms with Crippen molar-refractivity contribution < 1.29 is 24.2 Å². The van der Waals surface area contributed by atoms with E-state index in [9.17, 15) is 14.7 Å². The fraction of sp³-hybridized carbons (Fsp3) is 0.500. The third kappa shape index (κ3) is 2.73. The van der Waals surface area contributed by atoms with Crippen LogP contribution in [-0.4, -0.2) is 29.3 Å². The smallest absolute Gasteiger partial charge is 0.329 e. The van der Waals surface area contributed by atoms with Gasteiger partial charge in [0.1, 0.15) is 5.54 Å². The van der Waals surface area contributed by atoms with Gasteiger partial charge >= 0.3 is 5.97 Å². The molecule has 1 saturated carbocycles. The number of carboxylic acid groups (broad SMARTS) is 1. The summed E-state index contributed by atoms with van der Waals surface area (Å²) < 4.78 is 10.5. The summed E-state index contributed by atoms with van der Waals surface area (Å²) in [5, 5.41) is 12.3. The molecule has 1 heterocycles. The summed E-state index contributed by atoms with van der Waals surface area (Å²) in [6.07, 6.45) is 4.59. The number of aliphatic carboxylic acids is 1. The van der Waals surface area contributed by atoms with Crippen molar-refractivity contribution in [3.05, 3.63) is 23.8 Å². The molecular weight excluding hydrogens is 286 g/mol. The first-order valence-corrected chi connectivity index (χ1v) is 7.56. The lowest BCUT2D eigenvalue weighted by Crippen LogP contribution is -2.54. The highest BCUT2D eigenvalue weighted by molar-refractivity contribution is 5.98. The Bertz CT molecular complexity index is 590. The zero-order chi connectivity index (χ0) is 15.6. The number of carbonyl (C=O) groups is 2. The number of carboxylic acids is 1. The van der Waals surface area contributed by atoms with Crippen LogP contribution in [0.2, 0.25) is 0 Å². The largest absolute Gasteiger partial charge is 0.480 e. The van der Waals surface area contributed by atoms with Gasteiger partial charge in [0.2, 0.25) is 6.79 Å². The number of nitrogens with one attached hydrogen (secondary N) is 1. The van der Waals surface area contributed by atoms with Crippen LogP contribution in [0.5, 0.6) is 11.5 Å². The molecule has 6 nitrogen and oxygen atoms in total. The zero-order valence-corrected chi connectivity index (χ0v) is 12.3. The molecule has 2 N–H and O–H groups in total. The molecule has 0 bridgehead atoms. The Morgan fingerprint density at radius 2 is 1.73 bits per heavy atom. The quantitative estimate of drug-likeness (QED) is 0.837. The van der Waals surface area contributed by atoms with Crippen LogP contribution < -0.4 is 14.8 Å². The molecule has 0 unspecified atom stereocenters. The summed E-state index contributed by atoms with van der Waals surface area (Å²) in [7, 11) is 0. The molecular formula is C16H19NO5. The van der Waals surface area contributed by atoms with Gasteiger partial charge in [-0.05, 0) is 31.0 Å². The highest BCUT2D eigenvalue weighted by atomic mass is 16.7. The summed E-state index contributed by atoms with van der Waals surface area (Å²) >= 11 is 0. The molecule has 0 atom stereocenters. The van der Waals surface area contributed by atoms with Crippen molar-refractivity contribution >= 4 is 11.9 Å². The van der Waals surface area contributed by atoms with Gasteiger partial charge in [-0.25, -0.2) is 4.79 Å².